The molecule has 0 aromatic heterocycles. The van der Waals surface area contributed by atoms with E-state index in [2.05, 4.69) is 12.2 Å². The Bertz CT molecular complexity index is 559. The van der Waals surface area contributed by atoms with E-state index >= 15 is 0 Å². The molecule has 0 unspecified atom stereocenters. The lowest BCUT2D eigenvalue weighted by molar-refractivity contribution is -0.141. The topological polar surface area (TPSA) is 73.0 Å². The summed E-state index contributed by atoms with van der Waals surface area (Å²) in [6.45, 7) is 4.43. The lowest BCUT2D eigenvalue weighted by Gasteiger charge is -2.36. The first-order chi connectivity index (χ1) is 12.5. The van der Waals surface area contributed by atoms with E-state index in [9.17, 15) is 14.4 Å². The van der Waals surface area contributed by atoms with Gasteiger partial charge in [0.1, 0.15) is 12.1 Å². The lowest BCUT2D eigenvalue weighted by atomic mass is 9.81. The van der Waals surface area contributed by atoms with Crippen molar-refractivity contribution >= 4 is 30.3 Å². The summed E-state index contributed by atoms with van der Waals surface area (Å²) in [7, 11) is 1.71. The predicted octanol–water partition coefficient (Wildman–Crippen LogP) is 2.00. The first kappa shape index (κ1) is 22.0. The molecule has 2 heterocycles. The van der Waals surface area contributed by atoms with Crippen molar-refractivity contribution < 1.29 is 14.4 Å². The quantitative estimate of drug-likeness (QED) is 0.716. The van der Waals surface area contributed by atoms with Gasteiger partial charge in [0.05, 0.1) is 0 Å². The number of halogens is 1. The maximum atomic E-state index is 13.1. The number of urea groups is 1. The standard InChI is InChI=1S/C19H32N4O3.ClH/c1-3-13-22(15-7-11-20-12-8-15)16(24)14-23-17(25)19(21(2)18(23)26)9-5-4-6-10-19;/h15,20H,3-14H2,1-2H3;1H. The number of hydrogen-bond acceptors (Lipinski definition) is 4. The molecule has 154 valence electrons. The van der Waals surface area contributed by atoms with Crippen molar-refractivity contribution in [3.05, 3.63) is 0 Å². The average Bonchev–Trinajstić information content (AvgIpc) is 2.83. The fourth-order valence-corrected chi connectivity index (χ4v) is 4.77. The number of rotatable bonds is 5. The molecule has 3 rings (SSSR count). The molecule has 4 amide bonds. The number of carbonyl (C=O) groups is 3. The Balaban J connectivity index is 0.00000261. The van der Waals surface area contributed by atoms with Gasteiger partial charge in [0, 0.05) is 19.6 Å². The maximum absolute atomic E-state index is 13.1. The predicted molar refractivity (Wildman–Crippen MR) is 106 cm³/mol. The molecule has 27 heavy (non-hydrogen) atoms. The van der Waals surface area contributed by atoms with Crippen LogP contribution in [-0.4, -0.2) is 77.4 Å². The summed E-state index contributed by atoms with van der Waals surface area (Å²) in [5.41, 5.74) is -0.708. The molecule has 2 aliphatic heterocycles. The Morgan fingerprint density at radius 3 is 2.41 bits per heavy atom. The number of imide groups is 1. The molecule has 0 bridgehead atoms. The number of nitrogens with one attached hydrogen (secondary N) is 1. The number of likely N-dealkylation sites (N-methyl/N-ethyl adjacent to an activating group) is 1. The Morgan fingerprint density at radius 2 is 1.81 bits per heavy atom. The van der Waals surface area contributed by atoms with Gasteiger partial charge in [-0.05, 0) is 45.2 Å². The van der Waals surface area contributed by atoms with Gasteiger partial charge in [-0.25, -0.2) is 4.79 Å². The summed E-state index contributed by atoms with van der Waals surface area (Å²) in [5.74, 6) is -0.262. The minimum Gasteiger partial charge on any atom is -0.338 e. The van der Waals surface area contributed by atoms with E-state index in [0.717, 1.165) is 51.6 Å². The van der Waals surface area contributed by atoms with Crippen molar-refractivity contribution in [3.8, 4) is 0 Å². The van der Waals surface area contributed by atoms with Crippen molar-refractivity contribution in [1.29, 1.82) is 0 Å². The third kappa shape index (κ3) is 4.09. The van der Waals surface area contributed by atoms with Crippen LogP contribution in [0.3, 0.4) is 0 Å². The number of carbonyl (C=O) groups excluding carboxylic acids is 3. The maximum Gasteiger partial charge on any atom is 0.327 e. The van der Waals surface area contributed by atoms with Gasteiger partial charge in [-0.2, -0.15) is 0 Å². The van der Waals surface area contributed by atoms with Crippen molar-refractivity contribution in [2.75, 3.05) is 33.2 Å². The van der Waals surface area contributed by atoms with E-state index in [0.29, 0.717) is 19.4 Å². The highest BCUT2D eigenvalue weighted by atomic mass is 35.5. The molecule has 1 N–H and O–H groups in total. The van der Waals surface area contributed by atoms with Crippen LogP contribution in [0.5, 0.6) is 0 Å². The Hall–Kier alpha value is -1.34. The van der Waals surface area contributed by atoms with E-state index in [-0.39, 0.29) is 42.8 Å². The molecule has 1 spiro atoms. The van der Waals surface area contributed by atoms with E-state index in [1.807, 2.05) is 4.90 Å². The van der Waals surface area contributed by atoms with Crippen LogP contribution in [0.15, 0.2) is 0 Å². The molecule has 0 atom stereocenters. The fourth-order valence-electron chi connectivity index (χ4n) is 4.77. The monoisotopic (exact) mass is 400 g/mol. The third-order valence-corrected chi connectivity index (χ3v) is 6.31. The van der Waals surface area contributed by atoms with E-state index in [1.54, 1.807) is 11.9 Å². The number of nitrogens with zero attached hydrogens (tertiary/aromatic N) is 3. The van der Waals surface area contributed by atoms with Gasteiger partial charge >= 0.3 is 6.03 Å². The van der Waals surface area contributed by atoms with Crippen LogP contribution in [-0.2, 0) is 9.59 Å². The minimum atomic E-state index is -0.708. The normalized spacial score (nSPS) is 22.9. The fraction of sp³-hybridized carbons (Fsp3) is 0.842. The summed E-state index contributed by atoms with van der Waals surface area (Å²) in [6.07, 6.45) is 7.19. The van der Waals surface area contributed by atoms with Crippen LogP contribution in [0.1, 0.15) is 58.3 Å². The van der Waals surface area contributed by atoms with Crippen LogP contribution in [0.2, 0.25) is 0 Å². The van der Waals surface area contributed by atoms with Crippen molar-refractivity contribution in [1.82, 2.24) is 20.0 Å². The molecule has 7 nitrogen and oxygen atoms in total. The highest BCUT2D eigenvalue weighted by molar-refractivity contribution is 6.09. The van der Waals surface area contributed by atoms with E-state index < -0.39 is 5.54 Å². The molecular formula is C19H33ClN4O3. The first-order valence-electron chi connectivity index (χ1n) is 10.1. The van der Waals surface area contributed by atoms with Crippen LogP contribution < -0.4 is 5.32 Å². The molecule has 1 aliphatic carbocycles. The Morgan fingerprint density at radius 1 is 1.19 bits per heavy atom. The minimum absolute atomic E-state index is 0. The van der Waals surface area contributed by atoms with Gasteiger partial charge in [-0.1, -0.05) is 26.2 Å². The van der Waals surface area contributed by atoms with Crippen molar-refractivity contribution in [2.45, 2.75) is 69.9 Å². The highest BCUT2D eigenvalue weighted by Crippen LogP contribution is 2.39. The molecule has 0 aromatic carbocycles. The van der Waals surface area contributed by atoms with Crippen molar-refractivity contribution in [2.24, 2.45) is 0 Å². The Kier molecular flexibility index (Phi) is 7.51. The molecule has 0 aromatic rings. The molecule has 0 radical (unpaired) electrons. The molecule has 3 aliphatic rings. The molecular weight excluding hydrogens is 368 g/mol. The molecule has 8 heteroatoms. The second-order valence-corrected chi connectivity index (χ2v) is 7.89. The summed E-state index contributed by atoms with van der Waals surface area (Å²) in [4.78, 5) is 43.5. The summed E-state index contributed by atoms with van der Waals surface area (Å²) in [5, 5.41) is 3.32. The van der Waals surface area contributed by atoms with Crippen LogP contribution >= 0.6 is 12.4 Å². The van der Waals surface area contributed by atoms with Crippen LogP contribution in [0.4, 0.5) is 4.79 Å². The zero-order valence-electron chi connectivity index (χ0n) is 16.5. The van der Waals surface area contributed by atoms with Gasteiger partial charge in [0.25, 0.3) is 5.91 Å². The first-order valence-corrected chi connectivity index (χ1v) is 10.1. The van der Waals surface area contributed by atoms with Crippen LogP contribution in [0, 0.1) is 0 Å². The average molecular weight is 401 g/mol. The zero-order valence-corrected chi connectivity index (χ0v) is 17.4. The van der Waals surface area contributed by atoms with E-state index in [1.165, 1.54) is 4.90 Å². The van der Waals surface area contributed by atoms with Gasteiger partial charge < -0.3 is 15.1 Å². The van der Waals surface area contributed by atoms with Gasteiger partial charge in [0.15, 0.2) is 0 Å². The molecule has 1 saturated carbocycles. The number of amides is 4. The second kappa shape index (κ2) is 9.24. The highest BCUT2D eigenvalue weighted by Gasteiger charge is 2.56. The third-order valence-electron chi connectivity index (χ3n) is 6.31. The summed E-state index contributed by atoms with van der Waals surface area (Å²) < 4.78 is 0. The zero-order chi connectivity index (χ0) is 18.7. The number of hydrogen-bond donors (Lipinski definition) is 1. The lowest BCUT2D eigenvalue weighted by Crippen LogP contribution is -2.51. The summed E-state index contributed by atoms with van der Waals surface area (Å²) >= 11 is 0. The second-order valence-electron chi connectivity index (χ2n) is 7.89. The Labute approximate surface area is 168 Å². The SMILES string of the molecule is CCCN(C(=O)CN1C(=O)N(C)C2(CCCCC2)C1=O)C1CCNCC1.Cl. The van der Waals surface area contributed by atoms with Gasteiger partial charge in [-0.3, -0.25) is 14.5 Å². The smallest absolute Gasteiger partial charge is 0.327 e. The van der Waals surface area contributed by atoms with Crippen molar-refractivity contribution in [3.63, 3.8) is 0 Å². The molecule has 2 saturated heterocycles. The largest absolute Gasteiger partial charge is 0.338 e. The van der Waals surface area contributed by atoms with Gasteiger partial charge in [0.2, 0.25) is 5.91 Å². The van der Waals surface area contributed by atoms with E-state index in [4.69, 9.17) is 0 Å². The van der Waals surface area contributed by atoms with Gasteiger partial charge in [-0.15, -0.1) is 12.4 Å². The number of piperidine rings is 1. The summed E-state index contributed by atoms with van der Waals surface area (Å²) in [6, 6.07) is -0.107. The van der Waals surface area contributed by atoms with Crippen LogP contribution in [0.25, 0.3) is 0 Å². The molecule has 3 fully saturated rings.